The fraction of sp³-hybridized carbons (Fsp3) is 0.294. The van der Waals surface area contributed by atoms with E-state index < -0.39 is 0 Å². The van der Waals surface area contributed by atoms with Crippen LogP contribution in [-0.2, 0) is 6.54 Å². The third-order valence-electron chi connectivity index (χ3n) is 3.53. The number of hydrogen-bond acceptors (Lipinski definition) is 1. The number of rotatable bonds is 4. The lowest BCUT2D eigenvalue weighted by molar-refractivity contribution is 0.574. The van der Waals surface area contributed by atoms with Crippen molar-refractivity contribution in [1.29, 1.82) is 0 Å². The molecule has 0 radical (unpaired) electrons. The minimum absolute atomic E-state index is 0.346. The minimum Gasteiger partial charge on any atom is -0.306 e. The molecule has 0 saturated carbocycles. The van der Waals surface area contributed by atoms with Crippen LogP contribution in [0.15, 0.2) is 46.9 Å². The van der Waals surface area contributed by atoms with E-state index >= 15 is 0 Å². The van der Waals surface area contributed by atoms with Gasteiger partial charge in [-0.3, -0.25) is 0 Å². The number of benzene rings is 2. The van der Waals surface area contributed by atoms with E-state index in [9.17, 15) is 0 Å². The van der Waals surface area contributed by atoms with Gasteiger partial charge in [-0.05, 0) is 55.2 Å². The molecule has 0 heterocycles. The fourth-order valence-corrected chi connectivity index (χ4v) is 2.50. The fourth-order valence-electron chi connectivity index (χ4n) is 2.08. The van der Waals surface area contributed by atoms with Crippen LogP contribution >= 0.6 is 15.9 Å². The van der Waals surface area contributed by atoms with Crippen molar-refractivity contribution >= 4 is 15.9 Å². The van der Waals surface area contributed by atoms with E-state index in [1.54, 1.807) is 0 Å². The Morgan fingerprint density at radius 3 is 2.53 bits per heavy atom. The van der Waals surface area contributed by atoms with E-state index in [2.05, 4.69) is 84.5 Å². The van der Waals surface area contributed by atoms with Gasteiger partial charge >= 0.3 is 0 Å². The summed E-state index contributed by atoms with van der Waals surface area (Å²) in [5.41, 5.74) is 5.35. The second-order valence-electron chi connectivity index (χ2n) is 5.08. The quantitative estimate of drug-likeness (QED) is 0.844. The largest absolute Gasteiger partial charge is 0.306 e. The third kappa shape index (κ3) is 3.92. The van der Waals surface area contributed by atoms with Crippen LogP contribution in [0.4, 0.5) is 0 Å². The molecule has 1 unspecified atom stereocenters. The van der Waals surface area contributed by atoms with Crippen molar-refractivity contribution in [2.24, 2.45) is 0 Å². The molecule has 1 atom stereocenters. The maximum atomic E-state index is 3.57. The first-order valence-electron chi connectivity index (χ1n) is 6.61. The van der Waals surface area contributed by atoms with Crippen LogP contribution in [0.3, 0.4) is 0 Å². The second-order valence-corrected chi connectivity index (χ2v) is 5.99. The molecule has 0 fully saturated rings. The topological polar surface area (TPSA) is 12.0 Å². The number of aryl methyl sites for hydroxylation is 2. The second kappa shape index (κ2) is 6.36. The highest BCUT2D eigenvalue weighted by Gasteiger charge is 2.05. The summed E-state index contributed by atoms with van der Waals surface area (Å²) in [4.78, 5) is 0. The lowest BCUT2D eigenvalue weighted by Gasteiger charge is -2.15. The van der Waals surface area contributed by atoms with Gasteiger partial charge in [-0.15, -0.1) is 0 Å². The number of nitrogens with one attached hydrogen (secondary N) is 1. The molecule has 0 aliphatic heterocycles. The zero-order chi connectivity index (χ0) is 13.8. The number of halogens is 1. The predicted octanol–water partition coefficient (Wildman–Crippen LogP) is 4.92. The summed E-state index contributed by atoms with van der Waals surface area (Å²) in [7, 11) is 0. The van der Waals surface area contributed by atoms with Crippen LogP contribution in [0.2, 0.25) is 0 Å². The first-order chi connectivity index (χ1) is 9.06. The normalized spacial score (nSPS) is 12.4. The van der Waals surface area contributed by atoms with Crippen molar-refractivity contribution in [3.8, 4) is 0 Å². The highest BCUT2D eigenvalue weighted by atomic mass is 79.9. The van der Waals surface area contributed by atoms with E-state index in [-0.39, 0.29) is 0 Å². The van der Waals surface area contributed by atoms with Gasteiger partial charge in [0.05, 0.1) is 0 Å². The van der Waals surface area contributed by atoms with Crippen molar-refractivity contribution in [1.82, 2.24) is 5.32 Å². The zero-order valence-corrected chi connectivity index (χ0v) is 13.3. The van der Waals surface area contributed by atoms with Gasteiger partial charge in [0.2, 0.25) is 0 Å². The first kappa shape index (κ1) is 14.3. The van der Waals surface area contributed by atoms with E-state index in [1.165, 1.54) is 22.3 Å². The van der Waals surface area contributed by atoms with E-state index in [4.69, 9.17) is 0 Å². The van der Waals surface area contributed by atoms with Crippen LogP contribution in [-0.4, -0.2) is 0 Å². The molecular weight excluding hydrogens is 298 g/mol. The Balaban J connectivity index is 2.00. The Kier molecular flexibility index (Phi) is 4.78. The number of hydrogen-bond donors (Lipinski definition) is 1. The van der Waals surface area contributed by atoms with Gasteiger partial charge in [0.1, 0.15) is 0 Å². The average Bonchev–Trinajstić information content (AvgIpc) is 2.40. The Bertz CT molecular complexity index is 563. The maximum absolute atomic E-state index is 3.57. The SMILES string of the molecule is Cc1ccc(CNC(C)c2cccc(Br)c2)cc1C. The highest BCUT2D eigenvalue weighted by molar-refractivity contribution is 9.10. The van der Waals surface area contributed by atoms with Gasteiger partial charge < -0.3 is 5.32 Å². The molecule has 1 nitrogen and oxygen atoms in total. The Hall–Kier alpha value is -1.12. The monoisotopic (exact) mass is 317 g/mol. The molecule has 2 heteroatoms. The van der Waals surface area contributed by atoms with E-state index in [1.807, 2.05) is 0 Å². The average molecular weight is 318 g/mol. The molecule has 0 amide bonds. The Morgan fingerprint density at radius 2 is 1.84 bits per heavy atom. The molecule has 19 heavy (non-hydrogen) atoms. The molecule has 2 aromatic rings. The lowest BCUT2D eigenvalue weighted by atomic mass is 10.1. The molecule has 0 spiro atoms. The molecule has 0 bridgehead atoms. The molecular formula is C17H20BrN. The van der Waals surface area contributed by atoms with Gasteiger partial charge in [0.25, 0.3) is 0 Å². The molecule has 2 aromatic carbocycles. The third-order valence-corrected chi connectivity index (χ3v) is 4.03. The van der Waals surface area contributed by atoms with Crippen LogP contribution in [0.25, 0.3) is 0 Å². The van der Waals surface area contributed by atoms with Gasteiger partial charge in [0, 0.05) is 17.1 Å². The minimum atomic E-state index is 0.346. The maximum Gasteiger partial charge on any atom is 0.0295 e. The van der Waals surface area contributed by atoms with E-state index in [0.717, 1.165) is 11.0 Å². The molecule has 0 saturated heterocycles. The molecule has 0 aliphatic carbocycles. The summed E-state index contributed by atoms with van der Waals surface area (Å²) in [6.07, 6.45) is 0. The van der Waals surface area contributed by atoms with Crippen LogP contribution in [0.1, 0.15) is 35.2 Å². The summed E-state index contributed by atoms with van der Waals surface area (Å²) in [5.74, 6) is 0. The predicted molar refractivity (Wildman–Crippen MR) is 85.3 cm³/mol. The summed E-state index contributed by atoms with van der Waals surface area (Å²) >= 11 is 3.52. The summed E-state index contributed by atoms with van der Waals surface area (Å²) in [6, 6.07) is 15.4. The first-order valence-corrected chi connectivity index (χ1v) is 7.40. The summed E-state index contributed by atoms with van der Waals surface area (Å²) < 4.78 is 1.13. The summed E-state index contributed by atoms with van der Waals surface area (Å²) in [6.45, 7) is 7.41. The van der Waals surface area contributed by atoms with Crippen LogP contribution < -0.4 is 5.32 Å². The van der Waals surface area contributed by atoms with Gasteiger partial charge in [-0.1, -0.05) is 46.3 Å². The smallest absolute Gasteiger partial charge is 0.0295 e. The van der Waals surface area contributed by atoms with Crippen molar-refractivity contribution < 1.29 is 0 Å². The van der Waals surface area contributed by atoms with Crippen molar-refractivity contribution in [2.45, 2.75) is 33.4 Å². The molecule has 100 valence electrons. The summed E-state index contributed by atoms with van der Waals surface area (Å²) in [5, 5.41) is 3.57. The Labute approximate surface area is 124 Å². The van der Waals surface area contributed by atoms with Gasteiger partial charge in [0.15, 0.2) is 0 Å². The standard InChI is InChI=1S/C17H20BrN/c1-12-7-8-15(9-13(12)2)11-19-14(3)16-5-4-6-17(18)10-16/h4-10,14,19H,11H2,1-3H3. The Morgan fingerprint density at radius 1 is 1.05 bits per heavy atom. The lowest BCUT2D eigenvalue weighted by Crippen LogP contribution is -2.18. The van der Waals surface area contributed by atoms with Crippen LogP contribution in [0.5, 0.6) is 0 Å². The van der Waals surface area contributed by atoms with E-state index in [0.29, 0.717) is 6.04 Å². The van der Waals surface area contributed by atoms with Crippen LogP contribution in [0, 0.1) is 13.8 Å². The van der Waals surface area contributed by atoms with Crippen molar-refractivity contribution in [2.75, 3.05) is 0 Å². The van der Waals surface area contributed by atoms with Gasteiger partial charge in [-0.25, -0.2) is 0 Å². The van der Waals surface area contributed by atoms with Crippen molar-refractivity contribution in [3.63, 3.8) is 0 Å². The highest BCUT2D eigenvalue weighted by Crippen LogP contribution is 2.18. The zero-order valence-electron chi connectivity index (χ0n) is 11.7. The van der Waals surface area contributed by atoms with Crippen molar-refractivity contribution in [3.05, 3.63) is 69.2 Å². The molecule has 2 rings (SSSR count). The molecule has 0 aromatic heterocycles. The molecule has 0 aliphatic rings. The van der Waals surface area contributed by atoms with Gasteiger partial charge in [-0.2, -0.15) is 0 Å². The molecule has 1 N–H and O–H groups in total.